The number of hydrogen-bond donors (Lipinski definition) is 2. The Morgan fingerprint density at radius 3 is 2.00 bits per heavy atom. The van der Waals surface area contributed by atoms with Crippen molar-refractivity contribution in [3.8, 4) is 0 Å². The molecule has 0 radical (unpaired) electrons. The minimum Gasteiger partial charge on any atom is -0.481 e. The van der Waals surface area contributed by atoms with E-state index in [1.54, 1.807) is 0 Å². The molecular weight excluding hydrogens is 306 g/mol. The monoisotopic (exact) mass is 343 g/mol. The first kappa shape index (κ1) is 22.9. The molecule has 2 N–H and O–H groups in total. The number of nitrogens with one attached hydrogen (secondary N) is 1. The Morgan fingerprint density at radius 1 is 0.792 bits per heavy atom. The van der Waals surface area contributed by atoms with Crippen LogP contribution in [0.4, 0.5) is 0 Å². The molecule has 0 spiro atoms. The van der Waals surface area contributed by atoms with Crippen molar-refractivity contribution in [1.29, 1.82) is 0 Å². The highest BCUT2D eigenvalue weighted by atomic mass is 16.5. The predicted octanol–water partition coefficient (Wildman–Crippen LogP) is 4.30. The fraction of sp³-hybridized carbons (Fsp3) is 0.895. The van der Waals surface area contributed by atoms with E-state index in [-0.39, 0.29) is 12.4 Å². The van der Waals surface area contributed by atoms with Gasteiger partial charge in [-0.1, -0.05) is 58.3 Å². The van der Waals surface area contributed by atoms with Gasteiger partial charge in [0.25, 0.3) is 0 Å². The largest absolute Gasteiger partial charge is 0.481 e. The molecule has 5 heteroatoms. The molecule has 0 aliphatic heterocycles. The van der Waals surface area contributed by atoms with E-state index in [0.29, 0.717) is 26.0 Å². The Hall–Kier alpha value is -1.10. The summed E-state index contributed by atoms with van der Waals surface area (Å²) < 4.78 is 5.19. The molecule has 0 aromatic heterocycles. The molecule has 0 amide bonds. The molecule has 0 atom stereocenters. The van der Waals surface area contributed by atoms with Gasteiger partial charge in [0.2, 0.25) is 0 Å². The molecule has 5 nitrogen and oxygen atoms in total. The first-order valence-corrected chi connectivity index (χ1v) is 9.75. The lowest BCUT2D eigenvalue weighted by Crippen LogP contribution is -2.19. The van der Waals surface area contributed by atoms with Crippen LogP contribution in [0.2, 0.25) is 0 Å². The van der Waals surface area contributed by atoms with E-state index >= 15 is 0 Å². The third-order valence-electron chi connectivity index (χ3n) is 3.99. The molecule has 0 unspecified atom stereocenters. The van der Waals surface area contributed by atoms with E-state index < -0.39 is 5.97 Å². The summed E-state index contributed by atoms with van der Waals surface area (Å²) in [6, 6.07) is 0. The highest BCUT2D eigenvalue weighted by Crippen LogP contribution is 2.10. The van der Waals surface area contributed by atoms with Gasteiger partial charge in [0.1, 0.15) is 0 Å². The molecule has 0 aliphatic rings. The first-order valence-electron chi connectivity index (χ1n) is 9.75. The standard InChI is InChI=1S/C19H37NO4/c1-2-3-4-5-6-7-8-9-10-14-19(23)24-17-12-16-20-15-11-13-18(21)22/h20H,2-17H2,1H3,(H,21,22). The van der Waals surface area contributed by atoms with Gasteiger partial charge in [-0.05, 0) is 32.4 Å². The lowest BCUT2D eigenvalue weighted by molar-refractivity contribution is -0.144. The van der Waals surface area contributed by atoms with Gasteiger partial charge >= 0.3 is 11.9 Å². The SMILES string of the molecule is CCCCCCCCCCCC(=O)OCCCNCCCC(=O)O. The number of unbranched alkanes of at least 4 members (excludes halogenated alkanes) is 8. The highest BCUT2D eigenvalue weighted by Gasteiger charge is 2.02. The number of carboxylic acid groups (broad SMARTS) is 1. The predicted molar refractivity (Wildman–Crippen MR) is 97.2 cm³/mol. The summed E-state index contributed by atoms with van der Waals surface area (Å²) in [7, 11) is 0. The van der Waals surface area contributed by atoms with Crippen molar-refractivity contribution >= 4 is 11.9 Å². The van der Waals surface area contributed by atoms with Gasteiger partial charge in [0.05, 0.1) is 6.61 Å². The van der Waals surface area contributed by atoms with E-state index in [9.17, 15) is 9.59 Å². The Labute approximate surface area is 147 Å². The summed E-state index contributed by atoms with van der Waals surface area (Å²) in [5, 5.41) is 11.6. The number of ether oxygens (including phenoxy) is 1. The quantitative estimate of drug-likeness (QED) is 0.287. The first-order chi connectivity index (χ1) is 11.7. The van der Waals surface area contributed by atoms with Crippen molar-refractivity contribution in [2.45, 2.75) is 90.4 Å². The van der Waals surface area contributed by atoms with Crippen LogP contribution in [0.1, 0.15) is 90.4 Å². The molecule has 0 aliphatic carbocycles. The number of carbonyl (C=O) groups is 2. The van der Waals surface area contributed by atoms with Gasteiger partial charge in [-0.2, -0.15) is 0 Å². The second-order valence-electron chi connectivity index (χ2n) is 6.40. The lowest BCUT2D eigenvalue weighted by atomic mass is 10.1. The molecule has 24 heavy (non-hydrogen) atoms. The minimum absolute atomic E-state index is 0.0937. The molecule has 0 saturated carbocycles. The maximum Gasteiger partial charge on any atom is 0.305 e. The van der Waals surface area contributed by atoms with E-state index in [2.05, 4.69) is 12.2 Å². The van der Waals surface area contributed by atoms with Crippen LogP contribution >= 0.6 is 0 Å². The number of rotatable bonds is 18. The van der Waals surface area contributed by atoms with Gasteiger partial charge in [-0.15, -0.1) is 0 Å². The summed E-state index contributed by atoms with van der Waals surface area (Å²) in [4.78, 5) is 21.9. The fourth-order valence-electron chi connectivity index (χ4n) is 2.52. The van der Waals surface area contributed by atoms with Crippen molar-refractivity contribution in [2.75, 3.05) is 19.7 Å². The van der Waals surface area contributed by atoms with Gasteiger partial charge in [0, 0.05) is 12.8 Å². The molecule has 0 heterocycles. The molecule has 0 aromatic rings. The van der Waals surface area contributed by atoms with Crippen molar-refractivity contribution in [2.24, 2.45) is 0 Å². The Bertz CT molecular complexity index is 308. The number of aliphatic carboxylic acids is 1. The zero-order chi connectivity index (χ0) is 17.9. The number of esters is 1. The second kappa shape index (κ2) is 18.2. The van der Waals surface area contributed by atoms with Crippen LogP contribution < -0.4 is 5.32 Å². The number of hydrogen-bond acceptors (Lipinski definition) is 4. The van der Waals surface area contributed by atoms with Crippen LogP contribution in [0.3, 0.4) is 0 Å². The third kappa shape index (κ3) is 18.9. The lowest BCUT2D eigenvalue weighted by Gasteiger charge is -2.06. The van der Waals surface area contributed by atoms with Crippen LogP contribution in [0, 0.1) is 0 Å². The zero-order valence-electron chi connectivity index (χ0n) is 15.5. The van der Waals surface area contributed by atoms with Gasteiger partial charge in [-0.3, -0.25) is 9.59 Å². The molecule has 0 rings (SSSR count). The maximum absolute atomic E-state index is 11.6. The van der Waals surface area contributed by atoms with Crippen molar-refractivity contribution in [3.05, 3.63) is 0 Å². The van der Waals surface area contributed by atoms with Crippen molar-refractivity contribution in [3.63, 3.8) is 0 Å². The average molecular weight is 344 g/mol. The number of carboxylic acids is 1. The normalized spacial score (nSPS) is 10.7. The average Bonchev–Trinajstić information content (AvgIpc) is 2.55. The van der Waals surface area contributed by atoms with Crippen LogP contribution in [-0.2, 0) is 14.3 Å². The Morgan fingerprint density at radius 2 is 1.38 bits per heavy atom. The summed E-state index contributed by atoms with van der Waals surface area (Å²) in [5.74, 6) is -0.856. The molecule has 0 saturated heterocycles. The summed E-state index contributed by atoms with van der Waals surface area (Å²) in [6.45, 7) is 4.13. The molecule has 0 bridgehead atoms. The van der Waals surface area contributed by atoms with Crippen molar-refractivity contribution < 1.29 is 19.4 Å². The summed E-state index contributed by atoms with van der Waals surface area (Å²) >= 11 is 0. The fourth-order valence-corrected chi connectivity index (χ4v) is 2.52. The van der Waals surface area contributed by atoms with Gasteiger partial charge in [-0.25, -0.2) is 0 Å². The maximum atomic E-state index is 11.6. The summed E-state index contributed by atoms with van der Waals surface area (Å²) in [6.07, 6.45) is 13.4. The highest BCUT2D eigenvalue weighted by molar-refractivity contribution is 5.69. The molecule has 0 aromatic carbocycles. The Balaban J connectivity index is 3.17. The topological polar surface area (TPSA) is 75.6 Å². The summed E-state index contributed by atoms with van der Waals surface area (Å²) in [5.41, 5.74) is 0. The van der Waals surface area contributed by atoms with Crippen molar-refractivity contribution in [1.82, 2.24) is 5.32 Å². The van der Waals surface area contributed by atoms with Gasteiger partial charge < -0.3 is 15.2 Å². The molecule has 0 fully saturated rings. The minimum atomic E-state index is -0.762. The van der Waals surface area contributed by atoms with Crippen LogP contribution in [0.5, 0.6) is 0 Å². The zero-order valence-corrected chi connectivity index (χ0v) is 15.5. The third-order valence-corrected chi connectivity index (χ3v) is 3.99. The van der Waals surface area contributed by atoms with Gasteiger partial charge in [0.15, 0.2) is 0 Å². The van der Waals surface area contributed by atoms with Crippen LogP contribution in [0.25, 0.3) is 0 Å². The molecule has 142 valence electrons. The van der Waals surface area contributed by atoms with E-state index in [1.165, 1.54) is 44.9 Å². The van der Waals surface area contributed by atoms with Crippen LogP contribution in [-0.4, -0.2) is 36.7 Å². The second-order valence-corrected chi connectivity index (χ2v) is 6.40. The molecular formula is C19H37NO4. The Kier molecular flexibility index (Phi) is 17.4. The van der Waals surface area contributed by atoms with E-state index in [0.717, 1.165) is 25.8 Å². The number of carbonyl (C=O) groups excluding carboxylic acids is 1. The van der Waals surface area contributed by atoms with E-state index in [4.69, 9.17) is 9.84 Å². The van der Waals surface area contributed by atoms with Crippen LogP contribution in [0.15, 0.2) is 0 Å². The van der Waals surface area contributed by atoms with E-state index in [1.807, 2.05) is 0 Å². The smallest absolute Gasteiger partial charge is 0.305 e.